The number of carbonyl (C=O) groups is 1. The molecule has 17 heavy (non-hydrogen) atoms. The van der Waals surface area contributed by atoms with E-state index in [0.29, 0.717) is 11.4 Å². The van der Waals surface area contributed by atoms with Crippen molar-refractivity contribution in [1.82, 2.24) is 10.2 Å². The zero-order valence-corrected chi connectivity index (χ0v) is 9.30. The van der Waals surface area contributed by atoms with Crippen molar-refractivity contribution in [2.24, 2.45) is 0 Å². The minimum Gasteiger partial charge on any atom is -0.487 e. The van der Waals surface area contributed by atoms with Gasteiger partial charge in [0, 0.05) is 0 Å². The van der Waals surface area contributed by atoms with Gasteiger partial charge in [-0.1, -0.05) is 17.7 Å². The summed E-state index contributed by atoms with van der Waals surface area (Å²) in [5.74, 6) is -0.317. The van der Waals surface area contributed by atoms with Crippen LogP contribution in [-0.4, -0.2) is 21.3 Å². The fraction of sp³-hybridized carbons (Fsp3) is 0.167. The molecule has 88 valence electrons. The Morgan fingerprint density at radius 1 is 1.41 bits per heavy atom. The Bertz CT molecular complexity index is 517. The summed E-state index contributed by atoms with van der Waals surface area (Å²) in [5, 5.41) is 15.2. The Morgan fingerprint density at radius 2 is 2.12 bits per heavy atom. The van der Waals surface area contributed by atoms with Gasteiger partial charge < -0.3 is 9.84 Å². The molecular formula is C12H12N2O3. The summed E-state index contributed by atoms with van der Waals surface area (Å²) >= 11 is 0. The Balaban J connectivity index is 2.05. The van der Waals surface area contributed by atoms with Gasteiger partial charge in [0.05, 0.1) is 11.9 Å². The molecule has 0 amide bonds. The van der Waals surface area contributed by atoms with E-state index >= 15 is 0 Å². The van der Waals surface area contributed by atoms with E-state index < -0.39 is 5.97 Å². The first-order chi connectivity index (χ1) is 8.16. The second kappa shape index (κ2) is 4.69. The van der Waals surface area contributed by atoms with Crippen LogP contribution in [-0.2, 0) is 6.61 Å². The molecule has 1 heterocycles. The first-order valence-corrected chi connectivity index (χ1v) is 5.12. The molecule has 0 spiro atoms. The second-order valence-corrected chi connectivity index (χ2v) is 3.67. The van der Waals surface area contributed by atoms with Gasteiger partial charge in [0.15, 0.2) is 0 Å². The molecule has 1 aromatic carbocycles. The maximum Gasteiger partial charge on any atom is 0.339 e. The number of aromatic carboxylic acids is 1. The highest BCUT2D eigenvalue weighted by atomic mass is 16.5. The van der Waals surface area contributed by atoms with Crippen molar-refractivity contribution in [2.75, 3.05) is 0 Å². The van der Waals surface area contributed by atoms with Gasteiger partial charge >= 0.3 is 5.97 Å². The minimum absolute atomic E-state index is 0.136. The fourth-order valence-corrected chi connectivity index (χ4v) is 1.40. The average Bonchev–Trinajstić information content (AvgIpc) is 2.76. The van der Waals surface area contributed by atoms with E-state index in [1.54, 1.807) is 0 Å². The third-order valence-corrected chi connectivity index (χ3v) is 2.35. The highest BCUT2D eigenvalue weighted by Crippen LogP contribution is 2.14. The van der Waals surface area contributed by atoms with E-state index in [-0.39, 0.29) is 12.2 Å². The van der Waals surface area contributed by atoms with Crippen LogP contribution >= 0.6 is 0 Å². The molecule has 0 aliphatic carbocycles. The van der Waals surface area contributed by atoms with Crippen LogP contribution in [0.1, 0.15) is 21.6 Å². The van der Waals surface area contributed by atoms with Gasteiger partial charge in [0.1, 0.15) is 17.9 Å². The molecule has 5 nitrogen and oxygen atoms in total. The number of carboxylic acids is 1. The summed E-state index contributed by atoms with van der Waals surface area (Å²) in [7, 11) is 0. The first-order valence-electron chi connectivity index (χ1n) is 5.12. The zero-order chi connectivity index (χ0) is 12.3. The van der Waals surface area contributed by atoms with Gasteiger partial charge in [0.2, 0.25) is 0 Å². The standard InChI is InChI=1S/C12H12N2O3/c1-8-2-4-9(5-3-8)17-7-11-10(12(15)16)6-13-14-11/h2-6H,7H2,1H3,(H,13,14)(H,15,16). The summed E-state index contributed by atoms with van der Waals surface area (Å²) in [6.45, 7) is 2.14. The number of carboxylic acid groups (broad SMARTS) is 1. The number of rotatable bonds is 4. The highest BCUT2D eigenvalue weighted by Gasteiger charge is 2.12. The molecule has 0 bridgehead atoms. The molecule has 0 fully saturated rings. The highest BCUT2D eigenvalue weighted by molar-refractivity contribution is 5.88. The van der Waals surface area contributed by atoms with Gasteiger partial charge in [-0.2, -0.15) is 5.10 Å². The molecule has 0 saturated heterocycles. The van der Waals surface area contributed by atoms with Crippen LogP contribution in [0, 0.1) is 6.92 Å². The van der Waals surface area contributed by atoms with Crippen LogP contribution in [0.25, 0.3) is 0 Å². The van der Waals surface area contributed by atoms with Gasteiger partial charge in [-0.05, 0) is 19.1 Å². The number of hydrogen-bond donors (Lipinski definition) is 2. The smallest absolute Gasteiger partial charge is 0.339 e. The van der Waals surface area contributed by atoms with Crippen molar-refractivity contribution in [3.05, 3.63) is 47.3 Å². The van der Waals surface area contributed by atoms with Crippen LogP contribution in [0.15, 0.2) is 30.5 Å². The lowest BCUT2D eigenvalue weighted by Crippen LogP contribution is -2.03. The monoisotopic (exact) mass is 232 g/mol. The van der Waals surface area contributed by atoms with Crippen molar-refractivity contribution in [3.63, 3.8) is 0 Å². The third-order valence-electron chi connectivity index (χ3n) is 2.35. The topological polar surface area (TPSA) is 75.2 Å². The normalized spacial score (nSPS) is 10.2. The summed E-state index contributed by atoms with van der Waals surface area (Å²) < 4.78 is 5.46. The van der Waals surface area contributed by atoms with Crippen LogP contribution in [0.4, 0.5) is 0 Å². The summed E-state index contributed by atoms with van der Waals surface area (Å²) in [4.78, 5) is 10.8. The molecule has 2 aromatic rings. The van der Waals surface area contributed by atoms with Gasteiger partial charge in [-0.15, -0.1) is 0 Å². The second-order valence-electron chi connectivity index (χ2n) is 3.67. The average molecular weight is 232 g/mol. The van der Waals surface area contributed by atoms with E-state index in [9.17, 15) is 4.79 Å². The number of H-pyrrole nitrogens is 1. The molecule has 0 atom stereocenters. The van der Waals surface area contributed by atoms with Crippen LogP contribution in [0.5, 0.6) is 5.75 Å². The molecule has 0 saturated carbocycles. The molecule has 2 N–H and O–H groups in total. The molecule has 0 radical (unpaired) electrons. The Morgan fingerprint density at radius 3 is 2.76 bits per heavy atom. The zero-order valence-electron chi connectivity index (χ0n) is 9.30. The lowest BCUT2D eigenvalue weighted by atomic mass is 10.2. The predicted molar refractivity (Wildman–Crippen MR) is 61.1 cm³/mol. The number of ether oxygens (including phenoxy) is 1. The Kier molecular flexibility index (Phi) is 3.09. The maximum atomic E-state index is 10.8. The number of aromatic nitrogens is 2. The molecule has 2 rings (SSSR count). The van der Waals surface area contributed by atoms with Crippen LogP contribution in [0.3, 0.4) is 0 Å². The van der Waals surface area contributed by atoms with E-state index in [4.69, 9.17) is 9.84 Å². The molecule has 0 unspecified atom stereocenters. The minimum atomic E-state index is -1.01. The predicted octanol–water partition coefficient (Wildman–Crippen LogP) is 2.00. The van der Waals surface area contributed by atoms with E-state index in [1.807, 2.05) is 31.2 Å². The number of aryl methyl sites for hydroxylation is 1. The number of benzene rings is 1. The molecule has 0 aliphatic heterocycles. The fourth-order valence-electron chi connectivity index (χ4n) is 1.40. The van der Waals surface area contributed by atoms with E-state index in [1.165, 1.54) is 6.20 Å². The van der Waals surface area contributed by atoms with Crippen molar-refractivity contribution >= 4 is 5.97 Å². The van der Waals surface area contributed by atoms with E-state index in [2.05, 4.69) is 10.2 Å². The quantitative estimate of drug-likeness (QED) is 0.845. The summed E-state index contributed by atoms with van der Waals surface area (Å²) in [6, 6.07) is 7.54. The largest absolute Gasteiger partial charge is 0.487 e. The van der Waals surface area contributed by atoms with Gasteiger partial charge in [-0.3, -0.25) is 5.10 Å². The summed E-state index contributed by atoms with van der Waals surface area (Å²) in [6.07, 6.45) is 1.27. The summed E-state index contributed by atoms with van der Waals surface area (Å²) in [5.41, 5.74) is 1.74. The van der Waals surface area contributed by atoms with Crippen molar-refractivity contribution in [3.8, 4) is 5.75 Å². The molecule has 0 aliphatic rings. The number of aromatic amines is 1. The van der Waals surface area contributed by atoms with Crippen LogP contribution < -0.4 is 4.74 Å². The lowest BCUT2D eigenvalue weighted by molar-refractivity contribution is 0.0694. The van der Waals surface area contributed by atoms with Crippen LogP contribution in [0.2, 0.25) is 0 Å². The number of nitrogens with zero attached hydrogens (tertiary/aromatic N) is 1. The lowest BCUT2D eigenvalue weighted by Gasteiger charge is -2.05. The maximum absolute atomic E-state index is 10.8. The molecule has 1 aromatic heterocycles. The third kappa shape index (κ3) is 2.63. The first kappa shape index (κ1) is 11.2. The molecular weight excluding hydrogens is 220 g/mol. The van der Waals surface area contributed by atoms with Gasteiger partial charge in [0.25, 0.3) is 0 Å². The number of hydrogen-bond acceptors (Lipinski definition) is 3. The SMILES string of the molecule is Cc1ccc(OCc2[nH]ncc2C(=O)O)cc1. The van der Waals surface area contributed by atoms with Crippen molar-refractivity contribution in [1.29, 1.82) is 0 Å². The van der Waals surface area contributed by atoms with Crippen molar-refractivity contribution < 1.29 is 14.6 Å². The van der Waals surface area contributed by atoms with Gasteiger partial charge in [-0.25, -0.2) is 4.79 Å². The Hall–Kier alpha value is -2.30. The molecule has 5 heteroatoms. The van der Waals surface area contributed by atoms with Crippen molar-refractivity contribution in [2.45, 2.75) is 13.5 Å². The Labute approximate surface area is 98.0 Å². The van der Waals surface area contributed by atoms with E-state index in [0.717, 1.165) is 5.56 Å². The number of nitrogens with one attached hydrogen (secondary N) is 1.